The van der Waals surface area contributed by atoms with Crippen LogP contribution in [-0.4, -0.2) is 44.5 Å². The van der Waals surface area contributed by atoms with Crippen molar-refractivity contribution in [3.8, 4) is 5.69 Å². The van der Waals surface area contributed by atoms with Gasteiger partial charge < -0.3 is 10.2 Å². The van der Waals surface area contributed by atoms with Crippen molar-refractivity contribution in [1.82, 2.24) is 24.4 Å². The number of aromatic nitrogens is 3. The van der Waals surface area contributed by atoms with E-state index in [1.54, 1.807) is 75.8 Å². The molecular formula is C31H24BrClFN5O3. The maximum atomic E-state index is 14.1. The second-order valence-electron chi connectivity index (χ2n) is 10.0. The second kappa shape index (κ2) is 11.2. The standard InChI is InChI=1S/C31H24BrClFN5O3/c1-35-28(40)19-5-8-23(9-6-19)38-29-21(13-18-3-2-4-22(34)14-18)16-36-39(29)27-17-37(12-11-24(27)31(38)42)30(41)20-7-10-25(32)26(33)15-20/h2-10,14-16H,11-13,17H2,1H3,(H,35,40). The molecule has 3 aromatic carbocycles. The molecular weight excluding hydrogens is 625 g/mol. The Kier molecular flexibility index (Phi) is 7.42. The van der Waals surface area contributed by atoms with Crippen molar-refractivity contribution in [2.45, 2.75) is 19.4 Å². The van der Waals surface area contributed by atoms with Gasteiger partial charge in [-0.05, 0) is 82.5 Å². The van der Waals surface area contributed by atoms with Crippen LogP contribution in [0.15, 0.2) is 82.2 Å². The summed E-state index contributed by atoms with van der Waals surface area (Å²) < 4.78 is 18.0. The molecule has 0 unspecified atom stereocenters. The average molecular weight is 649 g/mol. The summed E-state index contributed by atoms with van der Waals surface area (Å²) in [6, 6.07) is 18.1. The molecule has 8 nitrogen and oxygen atoms in total. The molecule has 0 radical (unpaired) electrons. The van der Waals surface area contributed by atoms with Gasteiger partial charge in [-0.2, -0.15) is 5.10 Å². The predicted molar refractivity (Wildman–Crippen MR) is 161 cm³/mol. The van der Waals surface area contributed by atoms with Crippen LogP contribution in [0.25, 0.3) is 11.3 Å². The first-order valence-electron chi connectivity index (χ1n) is 13.2. The highest BCUT2D eigenvalue weighted by atomic mass is 79.9. The molecule has 1 aliphatic rings. The van der Waals surface area contributed by atoms with Crippen molar-refractivity contribution in [2.24, 2.45) is 0 Å². The highest BCUT2D eigenvalue weighted by molar-refractivity contribution is 9.10. The van der Waals surface area contributed by atoms with E-state index in [9.17, 15) is 18.8 Å². The quantitative estimate of drug-likeness (QED) is 0.284. The van der Waals surface area contributed by atoms with E-state index in [1.807, 2.05) is 6.07 Å². The van der Waals surface area contributed by atoms with E-state index in [0.29, 0.717) is 68.2 Å². The first-order chi connectivity index (χ1) is 20.2. The van der Waals surface area contributed by atoms with E-state index in [0.717, 1.165) is 5.56 Å². The van der Waals surface area contributed by atoms with Crippen LogP contribution in [0.2, 0.25) is 5.02 Å². The van der Waals surface area contributed by atoms with E-state index in [2.05, 4.69) is 26.3 Å². The second-order valence-corrected chi connectivity index (χ2v) is 11.3. The van der Waals surface area contributed by atoms with Gasteiger partial charge in [0.15, 0.2) is 0 Å². The van der Waals surface area contributed by atoms with Crippen LogP contribution in [0.4, 0.5) is 4.39 Å². The Morgan fingerprint density at radius 2 is 1.83 bits per heavy atom. The van der Waals surface area contributed by atoms with Crippen molar-refractivity contribution < 1.29 is 14.0 Å². The molecule has 5 aromatic rings. The summed E-state index contributed by atoms with van der Waals surface area (Å²) in [6.45, 7) is 0.512. The summed E-state index contributed by atoms with van der Waals surface area (Å²) in [5.74, 6) is -0.799. The fourth-order valence-corrected chi connectivity index (χ4v) is 5.76. The zero-order valence-electron chi connectivity index (χ0n) is 22.4. The predicted octanol–water partition coefficient (Wildman–Crippen LogP) is 5.19. The van der Waals surface area contributed by atoms with Gasteiger partial charge in [0.25, 0.3) is 17.4 Å². The lowest BCUT2D eigenvalue weighted by Gasteiger charge is -2.30. The first kappa shape index (κ1) is 27.9. The summed E-state index contributed by atoms with van der Waals surface area (Å²) in [5.41, 5.74) is 4.34. The first-order valence-corrected chi connectivity index (χ1v) is 14.4. The molecule has 0 spiro atoms. The Balaban J connectivity index is 1.49. The Morgan fingerprint density at radius 3 is 2.55 bits per heavy atom. The molecule has 2 aromatic heterocycles. The molecule has 0 aliphatic carbocycles. The van der Waals surface area contributed by atoms with Crippen molar-refractivity contribution >= 4 is 45.0 Å². The third-order valence-corrected chi connectivity index (χ3v) is 8.65. The van der Waals surface area contributed by atoms with Gasteiger partial charge in [-0.3, -0.25) is 19.0 Å². The minimum atomic E-state index is -0.356. The van der Waals surface area contributed by atoms with Crippen molar-refractivity contribution in [2.75, 3.05) is 13.6 Å². The third-order valence-electron chi connectivity index (χ3n) is 7.42. The number of fused-ring (bicyclic) bond motifs is 3. The Bertz CT molecular complexity index is 1940. The summed E-state index contributed by atoms with van der Waals surface area (Å²) in [6.07, 6.45) is 2.33. The van der Waals surface area contributed by atoms with E-state index in [1.165, 1.54) is 12.1 Å². The van der Waals surface area contributed by atoms with Crippen LogP contribution in [-0.2, 0) is 19.4 Å². The smallest absolute Gasteiger partial charge is 0.261 e. The molecule has 0 saturated carbocycles. The van der Waals surface area contributed by atoms with Crippen LogP contribution < -0.4 is 10.9 Å². The molecule has 1 aliphatic heterocycles. The molecule has 42 heavy (non-hydrogen) atoms. The molecule has 0 bridgehead atoms. The maximum absolute atomic E-state index is 14.1. The molecule has 6 rings (SSSR count). The van der Waals surface area contributed by atoms with Gasteiger partial charge in [0.2, 0.25) is 0 Å². The zero-order valence-corrected chi connectivity index (χ0v) is 24.7. The number of hydrogen-bond acceptors (Lipinski definition) is 4. The molecule has 2 amide bonds. The van der Waals surface area contributed by atoms with Gasteiger partial charge in [0.05, 0.1) is 29.1 Å². The number of nitrogens with zero attached hydrogens (tertiary/aromatic N) is 4. The van der Waals surface area contributed by atoms with Crippen molar-refractivity contribution in [1.29, 1.82) is 0 Å². The summed E-state index contributed by atoms with van der Waals surface area (Å²) in [4.78, 5) is 41.4. The van der Waals surface area contributed by atoms with E-state index in [-0.39, 0.29) is 29.7 Å². The normalized spacial score (nSPS) is 12.8. The van der Waals surface area contributed by atoms with Gasteiger partial charge >= 0.3 is 0 Å². The number of carbonyl (C=O) groups excluding carboxylic acids is 2. The van der Waals surface area contributed by atoms with Crippen molar-refractivity contribution in [3.63, 3.8) is 0 Å². The van der Waals surface area contributed by atoms with Gasteiger partial charge in [0, 0.05) is 46.7 Å². The molecule has 3 heterocycles. The van der Waals surface area contributed by atoms with Gasteiger partial charge in [-0.15, -0.1) is 0 Å². The van der Waals surface area contributed by atoms with Gasteiger partial charge in [0.1, 0.15) is 11.5 Å². The molecule has 0 fully saturated rings. The lowest BCUT2D eigenvalue weighted by atomic mass is 10.0. The number of carbonyl (C=O) groups is 2. The fraction of sp³-hybridized carbons (Fsp3) is 0.161. The van der Waals surface area contributed by atoms with Crippen LogP contribution in [0.5, 0.6) is 0 Å². The average Bonchev–Trinajstić information content (AvgIpc) is 3.41. The van der Waals surface area contributed by atoms with Crippen LogP contribution in [0.1, 0.15) is 43.1 Å². The Labute approximate surface area is 253 Å². The van der Waals surface area contributed by atoms with E-state index in [4.69, 9.17) is 11.6 Å². The van der Waals surface area contributed by atoms with E-state index >= 15 is 0 Å². The fourth-order valence-electron chi connectivity index (χ4n) is 5.34. The monoisotopic (exact) mass is 647 g/mol. The SMILES string of the molecule is CNC(=O)c1ccc(-n2c(=O)c3c(n4ncc(Cc5cccc(F)c5)c24)CN(C(=O)c2ccc(Br)c(Cl)c2)CC3)cc1. The van der Waals surface area contributed by atoms with Gasteiger partial charge in [-0.25, -0.2) is 8.91 Å². The topological polar surface area (TPSA) is 88.7 Å². The number of halogens is 3. The summed E-state index contributed by atoms with van der Waals surface area (Å²) >= 11 is 9.60. The minimum Gasteiger partial charge on any atom is -0.355 e. The third kappa shape index (κ3) is 5.01. The number of hydrogen-bond donors (Lipinski definition) is 1. The van der Waals surface area contributed by atoms with Crippen molar-refractivity contribution in [3.05, 3.63) is 132 Å². The Morgan fingerprint density at radius 1 is 1.07 bits per heavy atom. The molecule has 0 saturated heterocycles. The Hall–Kier alpha value is -4.28. The highest BCUT2D eigenvalue weighted by Gasteiger charge is 2.29. The van der Waals surface area contributed by atoms with Crippen LogP contribution in [0, 0.1) is 5.82 Å². The lowest BCUT2D eigenvalue weighted by molar-refractivity contribution is 0.0729. The number of benzene rings is 3. The molecule has 0 atom stereocenters. The molecule has 212 valence electrons. The van der Waals surface area contributed by atoms with E-state index < -0.39 is 0 Å². The summed E-state index contributed by atoms with van der Waals surface area (Å²) in [7, 11) is 1.55. The number of rotatable bonds is 5. The zero-order chi connectivity index (χ0) is 29.5. The highest BCUT2D eigenvalue weighted by Crippen LogP contribution is 2.27. The minimum absolute atomic E-state index is 0.172. The van der Waals surface area contributed by atoms with Crippen LogP contribution >= 0.6 is 27.5 Å². The number of amides is 2. The van der Waals surface area contributed by atoms with Gasteiger partial charge in [-0.1, -0.05) is 23.7 Å². The summed E-state index contributed by atoms with van der Waals surface area (Å²) in [5, 5.41) is 7.69. The largest absolute Gasteiger partial charge is 0.355 e. The van der Waals surface area contributed by atoms with Crippen LogP contribution in [0.3, 0.4) is 0 Å². The molecule has 11 heteroatoms. The maximum Gasteiger partial charge on any atom is 0.261 e. The lowest BCUT2D eigenvalue weighted by Crippen LogP contribution is -2.41. The number of nitrogens with one attached hydrogen (secondary N) is 1. The molecule has 1 N–H and O–H groups in total.